The molecular formula is C10H18N2O2. The van der Waals surface area contributed by atoms with Crippen LogP contribution in [0.1, 0.15) is 33.1 Å². The highest BCUT2D eigenvalue weighted by Crippen LogP contribution is 1.93. The summed E-state index contributed by atoms with van der Waals surface area (Å²) in [5.74, 6) is -0.197. The third kappa shape index (κ3) is 9.01. The van der Waals surface area contributed by atoms with Crippen LogP contribution in [0.2, 0.25) is 0 Å². The molecule has 0 saturated carbocycles. The van der Waals surface area contributed by atoms with Gasteiger partial charge in [0.25, 0.3) is 0 Å². The van der Waals surface area contributed by atoms with Crippen molar-refractivity contribution in [3.63, 3.8) is 0 Å². The van der Waals surface area contributed by atoms with Gasteiger partial charge < -0.3 is 10.1 Å². The molecule has 0 aliphatic carbocycles. The summed E-state index contributed by atoms with van der Waals surface area (Å²) in [6.45, 7) is 5.34. The maximum atomic E-state index is 10.8. The van der Waals surface area contributed by atoms with E-state index in [9.17, 15) is 4.79 Å². The van der Waals surface area contributed by atoms with Crippen molar-refractivity contribution in [3.8, 4) is 6.07 Å². The average Bonchev–Trinajstić information content (AvgIpc) is 2.11. The van der Waals surface area contributed by atoms with Crippen LogP contribution in [0.25, 0.3) is 0 Å². The molecule has 80 valence electrons. The van der Waals surface area contributed by atoms with Crippen molar-refractivity contribution in [2.75, 3.05) is 13.2 Å². The van der Waals surface area contributed by atoms with Gasteiger partial charge in [0.2, 0.25) is 5.91 Å². The maximum Gasteiger partial charge on any atom is 0.234 e. The Kier molecular flexibility index (Phi) is 7.86. The van der Waals surface area contributed by atoms with Crippen LogP contribution in [-0.4, -0.2) is 25.2 Å². The molecule has 1 N–H and O–H groups in total. The van der Waals surface area contributed by atoms with Crippen molar-refractivity contribution in [1.29, 1.82) is 5.26 Å². The Morgan fingerprint density at radius 3 is 2.79 bits per heavy atom. The molecule has 0 aliphatic rings. The lowest BCUT2D eigenvalue weighted by Crippen LogP contribution is -2.23. The number of unbranched alkanes of at least 4 members (excludes halogenated alkanes) is 1. The molecule has 0 heterocycles. The Morgan fingerprint density at radius 2 is 2.21 bits per heavy atom. The number of carbonyl (C=O) groups is 1. The van der Waals surface area contributed by atoms with Crippen molar-refractivity contribution < 1.29 is 9.53 Å². The van der Waals surface area contributed by atoms with Crippen LogP contribution in [0.3, 0.4) is 0 Å². The van der Waals surface area contributed by atoms with Crippen molar-refractivity contribution in [2.45, 2.75) is 39.2 Å². The van der Waals surface area contributed by atoms with E-state index in [1.54, 1.807) is 6.07 Å². The Labute approximate surface area is 85.2 Å². The van der Waals surface area contributed by atoms with Crippen molar-refractivity contribution in [3.05, 3.63) is 0 Å². The molecule has 0 aromatic rings. The summed E-state index contributed by atoms with van der Waals surface area (Å²) in [6.07, 6.45) is 2.04. The Bertz CT molecular complexity index is 197. The quantitative estimate of drug-likeness (QED) is 0.626. The number of hydrogen-bond donors (Lipinski definition) is 1. The van der Waals surface area contributed by atoms with Gasteiger partial charge >= 0.3 is 0 Å². The lowest BCUT2D eigenvalue weighted by Gasteiger charge is -2.07. The number of ether oxygens (including phenoxy) is 1. The Balaban J connectivity index is 3.14. The van der Waals surface area contributed by atoms with Crippen molar-refractivity contribution in [2.24, 2.45) is 0 Å². The molecular weight excluding hydrogens is 180 g/mol. The normalized spacial score (nSPS) is 9.86. The minimum atomic E-state index is -0.197. The molecule has 0 spiro atoms. The van der Waals surface area contributed by atoms with Crippen LogP contribution in [-0.2, 0) is 9.53 Å². The summed E-state index contributed by atoms with van der Waals surface area (Å²) in [4.78, 5) is 10.8. The second-order valence-electron chi connectivity index (χ2n) is 3.31. The molecule has 0 unspecified atom stereocenters. The van der Waals surface area contributed by atoms with Gasteiger partial charge in [0.15, 0.2) is 0 Å². The van der Waals surface area contributed by atoms with Gasteiger partial charge in [-0.15, -0.1) is 0 Å². The van der Waals surface area contributed by atoms with E-state index in [1.165, 1.54) is 0 Å². The lowest BCUT2D eigenvalue weighted by atomic mass is 10.3. The van der Waals surface area contributed by atoms with Crippen LogP contribution in [0.4, 0.5) is 0 Å². The highest BCUT2D eigenvalue weighted by Gasteiger charge is 1.98. The molecule has 14 heavy (non-hydrogen) atoms. The first-order chi connectivity index (χ1) is 6.66. The number of rotatable bonds is 7. The molecule has 4 heteroatoms. The fourth-order valence-electron chi connectivity index (χ4n) is 0.908. The van der Waals surface area contributed by atoms with E-state index >= 15 is 0 Å². The molecule has 1 amide bonds. The van der Waals surface area contributed by atoms with Gasteiger partial charge in [0, 0.05) is 13.2 Å². The van der Waals surface area contributed by atoms with Crippen LogP contribution in [0.15, 0.2) is 0 Å². The summed E-state index contributed by atoms with van der Waals surface area (Å²) in [6, 6.07) is 1.80. The van der Waals surface area contributed by atoms with Crippen LogP contribution < -0.4 is 5.32 Å². The summed E-state index contributed by atoms with van der Waals surface area (Å²) in [5.41, 5.74) is 0. The van der Waals surface area contributed by atoms with Crippen LogP contribution in [0, 0.1) is 11.3 Å². The summed E-state index contributed by atoms with van der Waals surface area (Å²) >= 11 is 0. The maximum absolute atomic E-state index is 10.8. The van der Waals surface area contributed by atoms with Gasteiger partial charge in [-0.25, -0.2) is 0 Å². The second-order valence-corrected chi connectivity index (χ2v) is 3.31. The van der Waals surface area contributed by atoms with E-state index < -0.39 is 0 Å². The third-order valence-electron chi connectivity index (χ3n) is 1.58. The minimum Gasteiger partial charge on any atom is -0.379 e. The van der Waals surface area contributed by atoms with Gasteiger partial charge in [-0.05, 0) is 26.7 Å². The highest BCUT2D eigenvalue weighted by molar-refractivity contribution is 5.77. The van der Waals surface area contributed by atoms with Gasteiger partial charge in [-0.2, -0.15) is 5.26 Å². The zero-order chi connectivity index (χ0) is 10.8. The first-order valence-corrected chi connectivity index (χ1v) is 4.92. The Hall–Kier alpha value is -1.08. The van der Waals surface area contributed by atoms with Gasteiger partial charge in [-0.1, -0.05) is 0 Å². The number of nitrogens with zero attached hydrogens (tertiary/aromatic N) is 1. The number of hydrogen-bond acceptors (Lipinski definition) is 3. The standard InChI is InChI=1S/C10H18N2O2/c1-9(2)14-8-4-3-7-12-10(13)5-6-11/h9H,3-5,7-8H2,1-2H3,(H,12,13). The van der Waals surface area contributed by atoms with Crippen LogP contribution in [0.5, 0.6) is 0 Å². The SMILES string of the molecule is CC(C)OCCCCNC(=O)CC#N. The molecule has 0 saturated heterocycles. The van der Waals surface area contributed by atoms with Crippen molar-refractivity contribution in [1.82, 2.24) is 5.32 Å². The lowest BCUT2D eigenvalue weighted by molar-refractivity contribution is -0.120. The molecule has 0 fully saturated rings. The number of nitriles is 1. The molecule has 0 atom stereocenters. The third-order valence-corrected chi connectivity index (χ3v) is 1.58. The fourth-order valence-corrected chi connectivity index (χ4v) is 0.908. The van der Waals surface area contributed by atoms with Crippen molar-refractivity contribution >= 4 is 5.91 Å². The molecule has 0 aliphatic heterocycles. The average molecular weight is 198 g/mol. The van der Waals surface area contributed by atoms with Gasteiger partial charge in [0.1, 0.15) is 6.42 Å². The van der Waals surface area contributed by atoms with E-state index in [0.717, 1.165) is 19.4 Å². The van der Waals surface area contributed by atoms with E-state index in [4.69, 9.17) is 10.00 Å². The first kappa shape index (κ1) is 12.9. The number of carbonyl (C=O) groups excluding carboxylic acids is 1. The van der Waals surface area contributed by atoms with Gasteiger partial charge in [-0.3, -0.25) is 4.79 Å². The van der Waals surface area contributed by atoms with E-state index in [-0.39, 0.29) is 18.4 Å². The smallest absolute Gasteiger partial charge is 0.234 e. The minimum absolute atomic E-state index is 0.0531. The highest BCUT2D eigenvalue weighted by atomic mass is 16.5. The molecule has 0 aromatic carbocycles. The molecule has 4 nitrogen and oxygen atoms in total. The molecule has 0 aromatic heterocycles. The van der Waals surface area contributed by atoms with E-state index in [2.05, 4.69) is 5.32 Å². The predicted octanol–water partition coefficient (Wildman–Crippen LogP) is 1.22. The topological polar surface area (TPSA) is 62.1 Å². The fraction of sp³-hybridized carbons (Fsp3) is 0.800. The number of amides is 1. The zero-order valence-corrected chi connectivity index (χ0v) is 8.88. The largest absolute Gasteiger partial charge is 0.379 e. The van der Waals surface area contributed by atoms with Crippen LogP contribution >= 0.6 is 0 Å². The number of nitrogens with one attached hydrogen (secondary N) is 1. The first-order valence-electron chi connectivity index (χ1n) is 4.92. The Morgan fingerprint density at radius 1 is 1.50 bits per heavy atom. The zero-order valence-electron chi connectivity index (χ0n) is 8.88. The van der Waals surface area contributed by atoms with Gasteiger partial charge in [0.05, 0.1) is 12.2 Å². The predicted molar refractivity (Wildman–Crippen MR) is 53.6 cm³/mol. The summed E-state index contributed by atoms with van der Waals surface area (Å²) in [7, 11) is 0. The summed E-state index contributed by atoms with van der Waals surface area (Å²) < 4.78 is 5.33. The molecule has 0 radical (unpaired) electrons. The van der Waals surface area contributed by atoms with E-state index in [0.29, 0.717) is 6.54 Å². The second kappa shape index (κ2) is 8.52. The van der Waals surface area contributed by atoms with E-state index in [1.807, 2.05) is 13.8 Å². The molecule has 0 bridgehead atoms. The molecule has 0 rings (SSSR count). The summed E-state index contributed by atoms with van der Waals surface area (Å²) in [5, 5.41) is 10.9. The monoisotopic (exact) mass is 198 g/mol.